The van der Waals surface area contributed by atoms with Crippen LogP contribution in [0.25, 0.3) is 0 Å². The van der Waals surface area contributed by atoms with Crippen molar-refractivity contribution >= 4 is 12.1 Å². The molecule has 2 atom stereocenters. The number of aliphatic carboxylic acids is 1. The van der Waals surface area contributed by atoms with E-state index in [2.05, 4.69) is 10.2 Å². The summed E-state index contributed by atoms with van der Waals surface area (Å²) in [6, 6.07) is 9.54. The molecule has 23 heavy (non-hydrogen) atoms. The fourth-order valence-corrected chi connectivity index (χ4v) is 3.86. The van der Waals surface area contributed by atoms with Crippen molar-refractivity contribution in [1.29, 1.82) is 0 Å². The summed E-state index contributed by atoms with van der Waals surface area (Å²) in [4.78, 5) is 25.8. The van der Waals surface area contributed by atoms with Crippen LogP contribution >= 0.6 is 0 Å². The second-order valence-electron chi connectivity index (χ2n) is 6.36. The number of benzene rings is 1. The van der Waals surface area contributed by atoms with Crippen LogP contribution in [0.4, 0.5) is 4.79 Å². The number of hydrogen-bond acceptors (Lipinski definition) is 4. The van der Waals surface area contributed by atoms with Gasteiger partial charge in [-0.05, 0) is 31.4 Å². The van der Waals surface area contributed by atoms with E-state index < -0.39 is 17.6 Å². The Morgan fingerprint density at radius 2 is 2.09 bits per heavy atom. The smallest absolute Gasteiger partial charge is 0.407 e. The SMILES string of the molecule is O=C(O)CC1(NC(=O)OCc2ccccc2)CCN2CCCC21. The molecule has 3 rings (SSSR count). The van der Waals surface area contributed by atoms with Crippen molar-refractivity contribution in [3.63, 3.8) is 0 Å². The molecular formula is C17H22N2O4. The van der Waals surface area contributed by atoms with Gasteiger partial charge in [0.1, 0.15) is 6.61 Å². The summed E-state index contributed by atoms with van der Waals surface area (Å²) >= 11 is 0. The molecule has 0 bridgehead atoms. The summed E-state index contributed by atoms with van der Waals surface area (Å²) in [5.74, 6) is -0.887. The van der Waals surface area contributed by atoms with E-state index in [9.17, 15) is 14.7 Å². The van der Waals surface area contributed by atoms with E-state index in [1.54, 1.807) is 0 Å². The second-order valence-corrected chi connectivity index (χ2v) is 6.36. The van der Waals surface area contributed by atoms with Crippen LogP contribution in [0.2, 0.25) is 0 Å². The quantitative estimate of drug-likeness (QED) is 0.868. The monoisotopic (exact) mass is 318 g/mol. The summed E-state index contributed by atoms with van der Waals surface area (Å²) in [6.45, 7) is 1.99. The Kier molecular flexibility index (Phi) is 4.52. The normalized spacial score (nSPS) is 26.7. The summed E-state index contributed by atoms with van der Waals surface area (Å²) in [6.07, 6.45) is 2.03. The van der Waals surface area contributed by atoms with Crippen LogP contribution in [0.1, 0.15) is 31.2 Å². The summed E-state index contributed by atoms with van der Waals surface area (Å²) < 4.78 is 5.28. The highest BCUT2D eigenvalue weighted by molar-refractivity contribution is 5.73. The minimum atomic E-state index is -0.887. The number of carboxylic acids is 1. The highest BCUT2D eigenvalue weighted by Crippen LogP contribution is 2.38. The van der Waals surface area contributed by atoms with Gasteiger partial charge in [-0.3, -0.25) is 9.69 Å². The van der Waals surface area contributed by atoms with Crippen molar-refractivity contribution in [3.05, 3.63) is 35.9 Å². The third-order valence-corrected chi connectivity index (χ3v) is 4.88. The molecule has 0 radical (unpaired) electrons. The number of amides is 1. The lowest BCUT2D eigenvalue weighted by Crippen LogP contribution is -2.56. The number of alkyl carbamates (subject to hydrolysis) is 1. The van der Waals surface area contributed by atoms with Crippen molar-refractivity contribution in [2.75, 3.05) is 13.1 Å². The molecule has 0 aromatic heterocycles. The lowest BCUT2D eigenvalue weighted by Gasteiger charge is -2.34. The average molecular weight is 318 g/mol. The molecular weight excluding hydrogens is 296 g/mol. The number of nitrogens with one attached hydrogen (secondary N) is 1. The summed E-state index contributed by atoms with van der Waals surface area (Å²) in [7, 11) is 0. The zero-order valence-electron chi connectivity index (χ0n) is 13.0. The van der Waals surface area contributed by atoms with E-state index in [0.29, 0.717) is 6.42 Å². The molecule has 2 aliphatic heterocycles. The molecule has 6 heteroatoms. The zero-order chi connectivity index (χ0) is 16.3. The standard InChI is InChI=1S/C17H22N2O4/c20-15(21)11-17(8-10-19-9-4-7-14(17)19)18-16(22)23-12-13-5-2-1-3-6-13/h1-3,5-6,14H,4,7-12H2,(H,18,22)(H,20,21). The maximum absolute atomic E-state index is 12.2. The molecule has 0 saturated carbocycles. The number of carboxylic acid groups (broad SMARTS) is 1. The predicted molar refractivity (Wildman–Crippen MR) is 84.0 cm³/mol. The fraction of sp³-hybridized carbons (Fsp3) is 0.529. The van der Waals surface area contributed by atoms with E-state index in [-0.39, 0.29) is 19.1 Å². The molecule has 2 N–H and O–H groups in total. The Labute approximate surface area is 135 Å². The van der Waals surface area contributed by atoms with Crippen molar-refractivity contribution in [2.24, 2.45) is 0 Å². The minimum Gasteiger partial charge on any atom is -0.481 e. The maximum Gasteiger partial charge on any atom is 0.407 e. The first-order valence-electron chi connectivity index (χ1n) is 8.04. The lowest BCUT2D eigenvalue weighted by molar-refractivity contribution is -0.138. The molecule has 2 aliphatic rings. The summed E-state index contributed by atoms with van der Waals surface area (Å²) in [5.41, 5.74) is 0.194. The van der Waals surface area contributed by atoms with Crippen LogP contribution < -0.4 is 5.32 Å². The molecule has 2 saturated heterocycles. The molecule has 1 aromatic rings. The maximum atomic E-state index is 12.2. The van der Waals surface area contributed by atoms with Crippen LogP contribution in [0, 0.1) is 0 Å². The van der Waals surface area contributed by atoms with Crippen LogP contribution in [-0.2, 0) is 16.1 Å². The molecule has 0 aliphatic carbocycles. The van der Waals surface area contributed by atoms with Gasteiger partial charge in [0, 0.05) is 12.6 Å². The first-order valence-corrected chi connectivity index (χ1v) is 8.04. The van der Waals surface area contributed by atoms with E-state index >= 15 is 0 Å². The van der Waals surface area contributed by atoms with Gasteiger partial charge < -0.3 is 15.2 Å². The number of rotatable bonds is 5. The molecule has 1 aromatic carbocycles. The lowest BCUT2D eigenvalue weighted by atomic mass is 9.85. The number of carbonyl (C=O) groups excluding carboxylic acids is 1. The number of nitrogens with zero attached hydrogens (tertiary/aromatic N) is 1. The van der Waals surface area contributed by atoms with Crippen molar-refractivity contribution in [3.8, 4) is 0 Å². The van der Waals surface area contributed by atoms with E-state index in [4.69, 9.17) is 4.74 Å². The second kappa shape index (κ2) is 6.58. The van der Waals surface area contributed by atoms with E-state index in [0.717, 1.165) is 31.5 Å². The Morgan fingerprint density at radius 1 is 1.30 bits per heavy atom. The van der Waals surface area contributed by atoms with Gasteiger partial charge >= 0.3 is 12.1 Å². The average Bonchev–Trinajstić information content (AvgIpc) is 3.11. The van der Waals surface area contributed by atoms with Gasteiger partial charge in [0.15, 0.2) is 0 Å². The first kappa shape index (κ1) is 15.8. The van der Waals surface area contributed by atoms with Crippen molar-refractivity contribution < 1.29 is 19.4 Å². The largest absolute Gasteiger partial charge is 0.481 e. The Balaban J connectivity index is 1.64. The van der Waals surface area contributed by atoms with Crippen LogP contribution in [0.3, 0.4) is 0 Å². The predicted octanol–water partition coefficient (Wildman–Crippen LogP) is 1.99. The van der Waals surface area contributed by atoms with Gasteiger partial charge in [0.05, 0.1) is 12.0 Å². The Morgan fingerprint density at radius 3 is 2.83 bits per heavy atom. The summed E-state index contributed by atoms with van der Waals surface area (Å²) in [5, 5.41) is 12.2. The number of carbonyl (C=O) groups is 2. The first-order chi connectivity index (χ1) is 11.1. The Hall–Kier alpha value is -2.08. The van der Waals surface area contributed by atoms with Gasteiger partial charge in [0.25, 0.3) is 0 Å². The van der Waals surface area contributed by atoms with Crippen LogP contribution in [0.15, 0.2) is 30.3 Å². The van der Waals surface area contributed by atoms with Gasteiger partial charge in [-0.1, -0.05) is 30.3 Å². The number of hydrogen-bond donors (Lipinski definition) is 2. The highest BCUT2D eigenvalue weighted by Gasteiger charge is 2.51. The van der Waals surface area contributed by atoms with Crippen LogP contribution in [-0.4, -0.2) is 46.7 Å². The third-order valence-electron chi connectivity index (χ3n) is 4.88. The molecule has 124 valence electrons. The number of ether oxygens (including phenoxy) is 1. The number of fused-ring (bicyclic) bond motifs is 1. The highest BCUT2D eigenvalue weighted by atomic mass is 16.5. The van der Waals surface area contributed by atoms with Gasteiger partial charge in [0.2, 0.25) is 0 Å². The fourth-order valence-electron chi connectivity index (χ4n) is 3.86. The van der Waals surface area contributed by atoms with E-state index in [1.165, 1.54) is 0 Å². The van der Waals surface area contributed by atoms with Crippen molar-refractivity contribution in [1.82, 2.24) is 10.2 Å². The topological polar surface area (TPSA) is 78.9 Å². The van der Waals surface area contributed by atoms with E-state index in [1.807, 2.05) is 30.3 Å². The molecule has 6 nitrogen and oxygen atoms in total. The van der Waals surface area contributed by atoms with Gasteiger partial charge in [-0.2, -0.15) is 0 Å². The molecule has 2 heterocycles. The molecule has 1 amide bonds. The minimum absolute atomic E-state index is 0.0609. The third kappa shape index (κ3) is 3.47. The molecule has 2 unspecified atom stereocenters. The van der Waals surface area contributed by atoms with Crippen LogP contribution in [0.5, 0.6) is 0 Å². The molecule has 0 spiro atoms. The van der Waals surface area contributed by atoms with Gasteiger partial charge in [-0.25, -0.2) is 4.79 Å². The van der Waals surface area contributed by atoms with Crippen molar-refractivity contribution in [2.45, 2.75) is 43.9 Å². The Bertz CT molecular complexity index is 577. The van der Waals surface area contributed by atoms with Gasteiger partial charge in [-0.15, -0.1) is 0 Å². The zero-order valence-corrected chi connectivity index (χ0v) is 13.0. The molecule has 2 fully saturated rings.